The van der Waals surface area contributed by atoms with Gasteiger partial charge < -0.3 is 9.47 Å². The number of carbonyl (C=O) groups is 2. The number of nitrogens with zero attached hydrogens (tertiary/aromatic N) is 2. The Hall–Kier alpha value is -3.38. The molecule has 1 aliphatic rings. The first-order valence-corrected chi connectivity index (χ1v) is 9.69. The molecule has 0 bridgehead atoms. The molecule has 2 aromatic carbocycles. The van der Waals surface area contributed by atoms with Gasteiger partial charge in [-0.25, -0.2) is 0 Å². The van der Waals surface area contributed by atoms with Gasteiger partial charge in [0.2, 0.25) is 0 Å². The Morgan fingerprint density at radius 1 is 1.20 bits per heavy atom. The minimum Gasteiger partial charge on any atom is -0.490 e. The van der Waals surface area contributed by atoms with Crippen molar-refractivity contribution in [1.29, 1.82) is 5.26 Å². The zero-order valence-corrected chi connectivity index (χ0v) is 16.6. The molecule has 1 saturated heterocycles. The van der Waals surface area contributed by atoms with Gasteiger partial charge in [0.1, 0.15) is 0 Å². The van der Waals surface area contributed by atoms with E-state index >= 15 is 0 Å². The fourth-order valence-electron chi connectivity index (χ4n) is 2.80. The highest BCUT2D eigenvalue weighted by molar-refractivity contribution is 8.18. The largest absolute Gasteiger partial charge is 0.490 e. The topological polar surface area (TPSA) is 79.6 Å². The predicted molar refractivity (Wildman–Crippen MR) is 107 cm³/mol. The van der Waals surface area contributed by atoms with Crippen LogP contribution in [0, 0.1) is 11.3 Å². The molecular weight excluding hydrogens is 414 g/mol. The maximum atomic E-state index is 12.7. The van der Waals surface area contributed by atoms with E-state index < -0.39 is 17.8 Å². The van der Waals surface area contributed by atoms with E-state index in [2.05, 4.69) is 4.74 Å². The van der Waals surface area contributed by atoms with Crippen LogP contribution in [-0.4, -0.2) is 29.3 Å². The van der Waals surface area contributed by atoms with E-state index in [1.165, 1.54) is 24.3 Å². The van der Waals surface area contributed by atoms with Crippen molar-refractivity contribution in [3.8, 4) is 17.6 Å². The number of nitriles is 1. The molecule has 154 valence electrons. The second kappa shape index (κ2) is 9.41. The predicted octanol–water partition coefficient (Wildman–Crippen LogP) is 4.79. The van der Waals surface area contributed by atoms with E-state index in [1.54, 1.807) is 31.2 Å². The van der Waals surface area contributed by atoms with E-state index in [1.807, 2.05) is 6.07 Å². The van der Waals surface area contributed by atoms with E-state index in [9.17, 15) is 23.6 Å². The molecule has 3 rings (SSSR count). The number of imide groups is 1. The van der Waals surface area contributed by atoms with Gasteiger partial charge in [0.25, 0.3) is 11.1 Å². The molecule has 0 N–H and O–H groups in total. The number of ether oxygens (including phenoxy) is 2. The molecule has 0 aliphatic carbocycles. The molecule has 1 aliphatic heterocycles. The minimum atomic E-state index is -3.00. The van der Waals surface area contributed by atoms with Crippen molar-refractivity contribution in [1.82, 2.24) is 4.90 Å². The third kappa shape index (κ3) is 4.78. The summed E-state index contributed by atoms with van der Waals surface area (Å²) < 4.78 is 34.8. The number of rotatable bonds is 7. The van der Waals surface area contributed by atoms with Crippen molar-refractivity contribution >= 4 is 29.0 Å². The highest BCUT2D eigenvalue weighted by Gasteiger charge is 2.35. The Morgan fingerprint density at radius 2 is 1.97 bits per heavy atom. The molecule has 1 fully saturated rings. The number of thioether (sulfide) groups is 1. The second-order valence-corrected chi connectivity index (χ2v) is 7.05. The molecule has 0 unspecified atom stereocenters. The zero-order chi connectivity index (χ0) is 21.7. The lowest BCUT2D eigenvalue weighted by atomic mass is 10.1. The van der Waals surface area contributed by atoms with Crippen molar-refractivity contribution in [2.45, 2.75) is 20.1 Å². The van der Waals surface area contributed by atoms with Crippen molar-refractivity contribution in [2.75, 3.05) is 6.61 Å². The number of hydrogen-bond acceptors (Lipinski definition) is 6. The van der Waals surface area contributed by atoms with Gasteiger partial charge in [-0.05, 0) is 54.1 Å². The number of hydrogen-bond donors (Lipinski definition) is 0. The molecule has 1 heterocycles. The van der Waals surface area contributed by atoms with Gasteiger partial charge >= 0.3 is 6.61 Å². The summed E-state index contributed by atoms with van der Waals surface area (Å²) in [7, 11) is 0. The standard InChI is InChI=1S/C21H16F2N2O4S/c1-2-28-17-9-13(7-8-16(17)29-20(22)23)10-18-19(26)25(21(27)30-18)12-15-6-4-3-5-14(15)11-24/h3-10,20H,2,12H2,1H3/b18-10-. The Morgan fingerprint density at radius 3 is 2.67 bits per heavy atom. The monoisotopic (exact) mass is 430 g/mol. The minimum absolute atomic E-state index is 0.0168. The molecule has 2 aromatic rings. The maximum absolute atomic E-state index is 12.7. The van der Waals surface area contributed by atoms with Crippen LogP contribution in [0.25, 0.3) is 6.08 Å². The quantitative estimate of drug-likeness (QED) is 0.588. The first-order chi connectivity index (χ1) is 14.4. The van der Waals surface area contributed by atoms with Gasteiger partial charge in [-0.15, -0.1) is 0 Å². The molecule has 30 heavy (non-hydrogen) atoms. The summed E-state index contributed by atoms with van der Waals surface area (Å²) >= 11 is 0.767. The third-order valence-electron chi connectivity index (χ3n) is 4.12. The fraction of sp³-hybridized carbons (Fsp3) is 0.190. The van der Waals surface area contributed by atoms with Crippen LogP contribution in [-0.2, 0) is 11.3 Å². The highest BCUT2D eigenvalue weighted by Crippen LogP contribution is 2.36. The van der Waals surface area contributed by atoms with Crippen molar-refractivity contribution < 1.29 is 27.8 Å². The van der Waals surface area contributed by atoms with Crippen LogP contribution >= 0.6 is 11.8 Å². The first-order valence-electron chi connectivity index (χ1n) is 8.88. The van der Waals surface area contributed by atoms with Crippen LogP contribution in [0.5, 0.6) is 11.5 Å². The first kappa shape index (κ1) is 21.3. The summed E-state index contributed by atoms with van der Waals surface area (Å²) in [5.41, 5.74) is 1.44. The summed E-state index contributed by atoms with van der Waals surface area (Å²) in [4.78, 5) is 26.3. The summed E-state index contributed by atoms with van der Waals surface area (Å²) in [5, 5.41) is 8.74. The van der Waals surface area contributed by atoms with Crippen LogP contribution in [0.15, 0.2) is 47.4 Å². The Kier molecular flexibility index (Phi) is 6.69. The van der Waals surface area contributed by atoms with Gasteiger partial charge in [0.05, 0.1) is 29.7 Å². The number of benzene rings is 2. The Bertz CT molecular complexity index is 1050. The Labute approximate surface area is 175 Å². The molecule has 6 nitrogen and oxygen atoms in total. The van der Waals surface area contributed by atoms with Crippen molar-refractivity contribution in [3.63, 3.8) is 0 Å². The second-order valence-electron chi connectivity index (χ2n) is 6.05. The number of halogens is 2. The third-order valence-corrected chi connectivity index (χ3v) is 5.03. The maximum Gasteiger partial charge on any atom is 0.387 e. The molecule has 0 atom stereocenters. The SMILES string of the molecule is CCOc1cc(/C=C2\SC(=O)N(Cc3ccccc3C#N)C2=O)ccc1OC(F)F. The molecule has 0 radical (unpaired) electrons. The van der Waals surface area contributed by atoms with Crippen LogP contribution in [0.3, 0.4) is 0 Å². The molecule has 0 spiro atoms. The summed E-state index contributed by atoms with van der Waals surface area (Å²) in [5.74, 6) is -0.512. The normalized spacial score (nSPS) is 15.0. The van der Waals surface area contributed by atoms with Crippen LogP contribution < -0.4 is 9.47 Å². The molecule has 0 aromatic heterocycles. The smallest absolute Gasteiger partial charge is 0.387 e. The lowest BCUT2D eigenvalue weighted by Gasteiger charge is -2.13. The lowest BCUT2D eigenvalue weighted by molar-refractivity contribution is -0.123. The molecular formula is C21H16F2N2O4S. The average molecular weight is 430 g/mol. The van der Waals surface area contributed by atoms with Gasteiger partial charge in [-0.1, -0.05) is 24.3 Å². The number of amides is 2. The van der Waals surface area contributed by atoms with E-state index in [4.69, 9.17) is 4.74 Å². The molecule has 9 heteroatoms. The summed E-state index contributed by atoms with van der Waals surface area (Å²) in [6, 6.07) is 13.0. The van der Waals surface area contributed by atoms with Crippen LogP contribution in [0.1, 0.15) is 23.6 Å². The van der Waals surface area contributed by atoms with Crippen LogP contribution in [0.4, 0.5) is 13.6 Å². The average Bonchev–Trinajstić information content (AvgIpc) is 2.97. The van der Waals surface area contributed by atoms with Gasteiger partial charge in [-0.2, -0.15) is 14.0 Å². The van der Waals surface area contributed by atoms with Crippen LogP contribution in [0.2, 0.25) is 0 Å². The van der Waals surface area contributed by atoms with Crippen molar-refractivity contribution in [3.05, 3.63) is 64.1 Å². The van der Waals surface area contributed by atoms with Gasteiger partial charge in [-0.3, -0.25) is 14.5 Å². The highest BCUT2D eigenvalue weighted by atomic mass is 32.2. The van der Waals surface area contributed by atoms with E-state index in [0.29, 0.717) is 16.7 Å². The zero-order valence-electron chi connectivity index (χ0n) is 15.8. The lowest BCUT2D eigenvalue weighted by Crippen LogP contribution is -2.27. The van der Waals surface area contributed by atoms with Gasteiger partial charge in [0.15, 0.2) is 11.5 Å². The number of alkyl halides is 2. The summed E-state index contributed by atoms with van der Waals surface area (Å²) in [6.07, 6.45) is 1.48. The van der Waals surface area contributed by atoms with Crippen molar-refractivity contribution in [2.24, 2.45) is 0 Å². The van der Waals surface area contributed by atoms with E-state index in [-0.39, 0.29) is 29.6 Å². The molecule has 0 saturated carbocycles. The molecule has 2 amide bonds. The fourth-order valence-corrected chi connectivity index (χ4v) is 3.64. The Balaban J connectivity index is 1.84. The van der Waals surface area contributed by atoms with Gasteiger partial charge in [0, 0.05) is 0 Å². The van der Waals surface area contributed by atoms with E-state index in [0.717, 1.165) is 16.7 Å². The number of carbonyl (C=O) groups excluding carboxylic acids is 2. The summed E-state index contributed by atoms with van der Waals surface area (Å²) in [6.45, 7) is -1.08.